The lowest BCUT2D eigenvalue weighted by Crippen LogP contribution is -2.44. The van der Waals surface area contributed by atoms with Crippen molar-refractivity contribution in [2.45, 2.75) is 59.0 Å². The van der Waals surface area contributed by atoms with Crippen molar-refractivity contribution in [1.82, 2.24) is 15.5 Å². The summed E-state index contributed by atoms with van der Waals surface area (Å²) in [6.45, 7) is 12.1. The molecule has 0 spiro atoms. The second-order valence-electron chi connectivity index (χ2n) is 7.77. The van der Waals surface area contributed by atoms with E-state index in [2.05, 4.69) is 22.5 Å². The van der Waals surface area contributed by atoms with Crippen molar-refractivity contribution in [2.24, 2.45) is 10.9 Å². The summed E-state index contributed by atoms with van der Waals surface area (Å²) in [4.78, 5) is 18.2. The lowest BCUT2D eigenvalue weighted by atomic mass is 10.2. The average molecular weight is 498 g/mol. The highest BCUT2D eigenvalue weighted by Gasteiger charge is 2.21. The molecular formula is C19H39IN4O3. The summed E-state index contributed by atoms with van der Waals surface area (Å²) < 4.78 is 11.1. The van der Waals surface area contributed by atoms with Crippen molar-refractivity contribution in [3.63, 3.8) is 0 Å². The number of rotatable bonds is 11. The minimum Gasteiger partial charge on any atom is -0.444 e. The molecule has 0 atom stereocenters. The van der Waals surface area contributed by atoms with Crippen molar-refractivity contribution < 1.29 is 14.3 Å². The number of nitrogens with one attached hydrogen (secondary N) is 2. The summed E-state index contributed by atoms with van der Waals surface area (Å²) in [5.41, 5.74) is -0.477. The molecule has 27 heavy (non-hydrogen) atoms. The summed E-state index contributed by atoms with van der Waals surface area (Å²) >= 11 is 0. The van der Waals surface area contributed by atoms with Gasteiger partial charge in [-0.25, -0.2) is 4.79 Å². The molecule has 0 saturated heterocycles. The van der Waals surface area contributed by atoms with Crippen LogP contribution in [0.25, 0.3) is 0 Å². The Morgan fingerprint density at radius 3 is 2.41 bits per heavy atom. The molecule has 0 aromatic rings. The summed E-state index contributed by atoms with van der Waals surface area (Å²) in [6.07, 6.45) is 4.23. The minimum absolute atomic E-state index is 0. The molecule has 8 heteroatoms. The molecule has 7 nitrogen and oxygen atoms in total. The molecule has 1 aliphatic carbocycles. The van der Waals surface area contributed by atoms with Crippen LogP contribution < -0.4 is 10.6 Å². The highest BCUT2D eigenvalue weighted by Crippen LogP contribution is 2.28. The Bertz CT molecular complexity index is 437. The van der Waals surface area contributed by atoms with Crippen LogP contribution in [0.2, 0.25) is 0 Å². The van der Waals surface area contributed by atoms with Crippen molar-refractivity contribution in [1.29, 1.82) is 0 Å². The van der Waals surface area contributed by atoms with E-state index < -0.39 is 5.60 Å². The van der Waals surface area contributed by atoms with Crippen LogP contribution in [0.15, 0.2) is 4.99 Å². The molecule has 1 fully saturated rings. The van der Waals surface area contributed by atoms with Gasteiger partial charge >= 0.3 is 6.09 Å². The largest absolute Gasteiger partial charge is 0.444 e. The first-order valence-corrected chi connectivity index (χ1v) is 9.86. The Kier molecular flexibility index (Phi) is 13.9. The van der Waals surface area contributed by atoms with Gasteiger partial charge in [-0.1, -0.05) is 6.92 Å². The highest BCUT2D eigenvalue weighted by molar-refractivity contribution is 14.0. The van der Waals surface area contributed by atoms with Gasteiger partial charge in [0.15, 0.2) is 5.96 Å². The van der Waals surface area contributed by atoms with Crippen LogP contribution in [0.4, 0.5) is 4.79 Å². The number of carbonyl (C=O) groups excluding carboxylic acids is 1. The maximum atomic E-state index is 12.2. The smallest absolute Gasteiger partial charge is 0.410 e. The summed E-state index contributed by atoms with van der Waals surface area (Å²) in [7, 11) is 1.75. The summed E-state index contributed by atoms with van der Waals surface area (Å²) in [6, 6.07) is 0. The first-order valence-electron chi connectivity index (χ1n) is 9.86. The van der Waals surface area contributed by atoms with E-state index in [9.17, 15) is 4.79 Å². The van der Waals surface area contributed by atoms with E-state index in [0.717, 1.165) is 44.5 Å². The SMILES string of the molecule is CCCN(CCNC(=NC)NCCCOCC1CC1)C(=O)OC(C)(C)C.I. The van der Waals surface area contributed by atoms with Gasteiger partial charge in [0.1, 0.15) is 5.60 Å². The van der Waals surface area contributed by atoms with Gasteiger partial charge in [0.25, 0.3) is 0 Å². The second kappa shape index (κ2) is 14.3. The molecule has 1 amide bonds. The number of halogens is 1. The predicted octanol–water partition coefficient (Wildman–Crippen LogP) is 3.23. The van der Waals surface area contributed by atoms with Crippen LogP contribution in [0, 0.1) is 5.92 Å². The Labute approximate surface area is 182 Å². The zero-order valence-corrected chi connectivity index (χ0v) is 20.0. The van der Waals surface area contributed by atoms with E-state index in [1.165, 1.54) is 12.8 Å². The molecule has 0 unspecified atom stereocenters. The zero-order chi connectivity index (χ0) is 19.4. The van der Waals surface area contributed by atoms with Crippen LogP contribution in [0.5, 0.6) is 0 Å². The number of aliphatic imine (C=N–C) groups is 1. The fraction of sp³-hybridized carbons (Fsp3) is 0.895. The Balaban J connectivity index is 0.00000676. The molecule has 0 heterocycles. The maximum Gasteiger partial charge on any atom is 0.410 e. The Morgan fingerprint density at radius 2 is 1.85 bits per heavy atom. The minimum atomic E-state index is -0.477. The molecule has 0 aromatic heterocycles. The van der Waals surface area contributed by atoms with E-state index in [1.807, 2.05) is 20.8 Å². The number of guanidine groups is 1. The molecule has 1 saturated carbocycles. The molecule has 0 bridgehead atoms. The lowest BCUT2D eigenvalue weighted by Gasteiger charge is -2.27. The van der Waals surface area contributed by atoms with Crippen LogP contribution in [0.1, 0.15) is 53.4 Å². The first kappa shape index (κ1) is 26.2. The summed E-state index contributed by atoms with van der Waals surface area (Å²) in [5.74, 6) is 1.56. The standard InChI is InChI=1S/C19H38N4O3.HI/c1-6-12-23(18(24)26-19(2,3)4)13-11-22-17(20-5)21-10-7-14-25-15-16-8-9-16;/h16H,6-15H2,1-5H3,(H2,20,21,22);1H. The molecule has 1 aliphatic rings. The fourth-order valence-corrected chi connectivity index (χ4v) is 2.34. The molecule has 1 rings (SSSR count). The van der Waals surface area contributed by atoms with E-state index in [4.69, 9.17) is 9.47 Å². The van der Waals surface area contributed by atoms with Crippen LogP contribution >= 0.6 is 24.0 Å². The van der Waals surface area contributed by atoms with Crippen molar-refractivity contribution >= 4 is 36.0 Å². The monoisotopic (exact) mass is 498 g/mol. The van der Waals surface area contributed by atoms with Gasteiger partial charge < -0.3 is 25.0 Å². The van der Waals surface area contributed by atoms with Crippen molar-refractivity contribution in [3.8, 4) is 0 Å². The van der Waals surface area contributed by atoms with Gasteiger partial charge in [0, 0.05) is 46.4 Å². The normalized spacial score (nSPS) is 14.3. The predicted molar refractivity (Wildman–Crippen MR) is 121 cm³/mol. The van der Waals surface area contributed by atoms with Gasteiger partial charge in [-0.15, -0.1) is 24.0 Å². The maximum absolute atomic E-state index is 12.2. The molecular weight excluding hydrogens is 459 g/mol. The van der Waals surface area contributed by atoms with Gasteiger partial charge in [-0.05, 0) is 52.4 Å². The molecule has 160 valence electrons. The van der Waals surface area contributed by atoms with Gasteiger partial charge in [-0.2, -0.15) is 0 Å². The number of ether oxygens (including phenoxy) is 2. The van der Waals surface area contributed by atoms with Crippen LogP contribution in [-0.2, 0) is 9.47 Å². The molecule has 2 N–H and O–H groups in total. The second-order valence-corrected chi connectivity index (χ2v) is 7.77. The molecule has 0 aliphatic heterocycles. The van der Waals surface area contributed by atoms with E-state index in [1.54, 1.807) is 11.9 Å². The third kappa shape index (κ3) is 14.0. The third-order valence-electron chi connectivity index (χ3n) is 3.85. The highest BCUT2D eigenvalue weighted by atomic mass is 127. The van der Waals surface area contributed by atoms with Crippen molar-refractivity contribution in [2.75, 3.05) is 46.4 Å². The Morgan fingerprint density at radius 1 is 1.19 bits per heavy atom. The van der Waals surface area contributed by atoms with Crippen molar-refractivity contribution in [3.05, 3.63) is 0 Å². The number of hydrogen-bond donors (Lipinski definition) is 2. The third-order valence-corrected chi connectivity index (χ3v) is 3.85. The number of nitrogens with zero attached hydrogens (tertiary/aromatic N) is 2. The van der Waals surface area contributed by atoms with Crippen LogP contribution in [0.3, 0.4) is 0 Å². The molecule has 0 aromatic carbocycles. The number of carbonyl (C=O) groups is 1. The summed E-state index contributed by atoms with van der Waals surface area (Å²) in [5, 5.41) is 6.51. The van der Waals surface area contributed by atoms with E-state index >= 15 is 0 Å². The van der Waals surface area contributed by atoms with Crippen LogP contribution in [-0.4, -0.2) is 69.0 Å². The average Bonchev–Trinajstić information content (AvgIpc) is 3.38. The van der Waals surface area contributed by atoms with Gasteiger partial charge in [-0.3, -0.25) is 4.99 Å². The lowest BCUT2D eigenvalue weighted by molar-refractivity contribution is 0.0253. The van der Waals surface area contributed by atoms with E-state index in [-0.39, 0.29) is 30.1 Å². The number of hydrogen-bond acceptors (Lipinski definition) is 4. The zero-order valence-electron chi connectivity index (χ0n) is 17.7. The first-order chi connectivity index (χ1) is 12.4. The quantitative estimate of drug-likeness (QED) is 0.198. The fourth-order valence-electron chi connectivity index (χ4n) is 2.34. The number of amides is 1. The topological polar surface area (TPSA) is 75.2 Å². The molecule has 0 radical (unpaired) electrons. The van der Waals surface area contributed by atoms with E-state index in [0.29, 0.717) is 19.6 Å². The Hall–Kier alpha value is -0.770. The van der Waals surface area contributed by atoms with Gasteiger partial charge in [0.2, 0.25) is 0 Å². The van der Waals surface area contributed by atoms with Gasteiger partial charge in [0.05, 0.1) is 0 Å².